The molecule has 2 aromatic heterocycles. The average molecular weight is 230 g/mol. The summed E-state index contributed by atoms with van der Waals surface area (Å²) in [5, 5.41) is 1.29. The SMILES string of the molecule is CCc1cn(C2CCCOC2)c2ncccc12. The maximum absolute atomic E-state index is 5.58. The minimum absolute atomic E-state index is 0.460. The van der Waals surface area contributed by atoms with E-state index in [0.29, 0.717) is 6.04 Å². The van der Waals surface area contributed by atoms with Crippen LogP contribution in [0.3, 0.4) is 0 Å². The lowest BCUT2D eigenvalue weighted by Gasteiger charge is -2.24. The molecule has 0 N–H and O–H groups in total. The molecule has 17 heavy (non-hydrogen) atoms. The van der Waals surface area contributed by atoms with E-state index in [-0.39, 0.29) is 0 Å². The van der Waals surface area contributed by atoms with Gasteiger partial charge >= 0.3 is 0 Å². The molecule has 1 aliphatic rings. The monoisotopic (exact) mass is 230 g/mol. The normalized spacial score (nSPS) is 20.9. The van der Waals surface area contributed by atoms with Crippen molar-refractivity contribution in [3.8, 4) is 0 Å². The largest absolute Gasteiger partial charge is 0.379 e. The third-order valence-corrected chi connectivity index (χ3v) is 3.58. The van der Waals surface area contributed by atoms with E-state index in [0.717, 1.165) is 31.7 Å². The summed E-state index contributed by atoms with van der Waals surface area (Å²) in [5.74, 6) is 0. The number of hydrogen-bond acceptors (Lipinski definition) is 2. The number of nitrogens with zero attached hydrogens (tertiary/aromatic N) is 2. The highest BCUT2D eigenvalue weighted by atomic mass is 16.5. The first-order chi connectivity index (χ1) is 8.40. The molecule has 2 aromatic rings. The minimum Gasteiger partial charge on any atom is -0.379 e. The van der Waals surface area contributed by atoms with E-state index >= 15 is 0 Å². The van der Waals surface area contributed by atoms with Gasteiger partial charge < -0.3 is 9.30 Å². The zero-order valence-corrected chi connectivity index (χ0v) is 10.2. The molecule has 0 amide bonds. The van der Waals surface area contributed by atoms with Gasteiger partial charge in [-0.25, -0.2) is 4.98 Å². The number of ether oxygens (including phenoxy) is 1. The summed E-state index contributed by atoms with van der Waals surface area (Å²) in [7, 11) is 0. The highest BCUT2D eigenvalue weighted by Crippen LogP contribution is 2.27. The molecule has 1 fully saturated rings. The van der Waals surface area contributed by atoms with E-state index in [1.165, 1.54) is 17.4 Å². The van der Waals surface area contributed by atoms with E-state index in [1.54, 1.807) is 0 Å². The van der Waals surface area contributed by atoms with Gasteiger partial charge in [0.25, 0.3) is 0 Å². The van der Waals surface area contributed by atoms with E-state index in [4.69, 9.17) is 4.74 Å². The number of aryl methyl sites for hydroxylation is 1. The Morgan fingerprint density at radius 2 is 2.47 bits per heavy atom. The van der Waals surface area contributed by atoms with Crippen LogP contribution in [0.15, 0.2) is 24.5 Å². The van der Waals surface area contributed by atoms with Gasteiger partial charge in [0.2, 0.25) is 0 Å². The van der Waals surface area contributed by atoms with Crippen LogP contribution in [0, 0.1) is 0 Å². The van der Waals surface area contributed by atoms with E-state index in [1.807, 2.05) is 12.3 Å². The Morgan fingerprint density at radius 3 is 3.24 bits per heavy atom. The molecule has 0 saturated carbocycles. The summed E-state index contributed by atoms with van der Waals surface area (Å²) in [6.45, 7) is 3.93. The predicted octanol–water partition coefficient (Wildman–Crippen LogP) is 2.95. The van der Waals surface area contributed by atoms with Crippen LogP contribution in [0.1, 0.15) is 31.4 Å². The quantitative estimate of drug-likeness (QED) is 0.793. The Kier molecular flexibility index (Phi) is 2.85. The second-order valence-electron chi connectivity index (χ2n) is 4.66. The van der Waals surface area contributed by atoms with Crippen LogP contribution in [0.5, 0.6) is 0 Å². The van der Waals surface area contributed by atoms with Crippen molar-refractivity contribution in [2.45, 2.75) is 32.2 Å². The fourth-order valence-corrected chi connectivity index (χ4v) is 2.66. The summed E-state index contributed by atoms with van der Waals surface area (Å²) in [6, 6.07) is 4.64. The smallest absolute Gasteiger partial charge is 0.140 e. The van der Waals surface area contributed by atoms with Crippen LogP contribution < -0.4 is 0 Å². The van der Waals surface area contributed by atoms with Crippen molar-refractivity contribution in [1.82, 2.24) is 9.55 Å². The molecule has 1 saturated heterocycles. The molecule has 0 spiro atoms. The van der Waals surface area contributed by atoms with Gasteiger partial charge in [-0.3, -0.25) is 0 Å². The van der Waals surface area contributed by atoms with Crippen molar-refractivity contribution < 1.29 is 4.74 Å². The highest BCUT2D eigenvalue weighted by Gasteiger charge is 2.19. The molecule has 3 nitrogen and oxygen atoms in total. The molecular weight excluding hydrogens is 212 g/mol. The van der Waals surface area contributed by atoms with Gasteiger partial charge in [0.05, 0.1) is 12.6 Å². The third kappa shape index (κ3) is 1.84. The second kappa shape index (κ2) is 4.49. The highest BCUT2D eigenvalue weighted by molar-refractivity contribution is 5.80. The maximum atomic E-state index is 5.58. The van der Waals surface area contributed by atoms with Crippen LogP contribution in [0.4, 0.5) is 0 Å². The van der Waals surface area contributed by atoms with E-state index in [2.05, 4.69) is 28.7 Å². The topological polar surface area (TPSA) is 27.1 Å². The van der Waals surface area contributed by atoms with E-state index in [9.17, 15) is 0 Å². The van der Waals surface area contributed by atoms with E-state index < -0.39 is 0 Å². The minimum atomic E-state index is 0.460. The summed E-state index contributed by atoms with van der Waals surface area (Å²) >= 11 is 0. The molecule has 0 aliphatic carbocycles. The van der Waals surface area contributed by atoms with Crippen LogP contribution in [0.2, 0.25) is 0 Å². The average Bonchev–Trinajstić information content (AvgIpc) is 2.78. The standard InChI is InChI=1S/C14H18N2O/c1-2-11-9-16(12-5-4-8-17-10-12)14-13(11)6-3-7-15-14/h3,6-7,9,12H,2,4-5,8,10H2,1H3. The van der Waals surface area contributed by atoms with Crippen LogP contribution in [0.25, 0.3) is 11.0 Å². The molecule has 0 aromatic carbocycles. The fraction of sp³-hybridized carbons (Fsp3) is 0.500. The first-order valence-electron chi connectivity index (χ1n) is 6.42. The number of hydrogen-bond donors (Lipinski definition) is 0. The summed E-state index contributed by atoms with van der Waals surface area (Å²) in [4.78, 5) is 4.53. The first-order valence-corrected chi connectivity index (χ1v) is 6.42. The van der Waals surface area contributed by atoms with Gasteiger partial charge in [-0.15, -0.1) is 0 Å². The Morgan fingerprint density at radius 1 is 1.53 bits per heavy atom. The number of pyridine rings is 1. The maximum Gasteiger partial charge on any atom is 0.140 e. The lowest BCUT2D eigenvalue weighted by Crippen LogP contribution is -2.20. The Bertz CT molecular complexity index is 512. The molecule has 3 heterocycles. The Hall–Kier alpha value is -1.35. The molecular formula is C14H18N2O. The van der Waals surface area contributed by atoms with Crippen molar-refractivity contribution >= 4 is 11.0 Å². The molecule has 1 unspecified atom stereocenters. The Balaban J connectivity index is 2.08. The van der Waals surface area contributed by atoms with Crippen molar-refractivity contribution in [1.29, 1.82) is 0 Å². The third-order valence-electron chi connectivity index (χ3n) is 3.58. The summed E-state index contributed by atoms with van der Waals surface area (Å²) in [5.41, 5.74) is 2.50. The lowest BCUT2D eigenvalue weighted by atomic mass is 10.1. The lowest BCUT2D eigenvalue weighted by molar-refractivity contribution is 0.0604. The first kappa shape index (κ1) is 10.8. The summed E-state index contributed by atoms with van der Waals surface area (Å²) < 4.78 is 7.89. The van der Waals surface area contributed by atoms with Crippen LogP contribution >= 0.6 is 0 Å². The zero-order chi connectivity index (χ0) is 11.7. The van der Waals surface area contributed by atoms with Crippen LogP contribution in [-0.2, 0) is 11.2 Å². The molecule has 90 valence electrons. The molecule has 1 atom stereocenters. The summed E-state index contributed by atoms with van der Waals surface area (Å²) in [6.07, 6.45) is 7.55. The zero-order valence-electron chi connectivity index (χ0n) is 10.2. The second-order valence-corrected chi connectivity index (χ2v) is 4.66. The Labute approximate surface area is 101 Å². The van der Waals surface area contributed by atoms with Crippen molar-refractivity contribution in [3.05, 3.63) is 30.1 Å². The van der Waals surface area contributed by atoms with Gasteiger partial charge in [0, 0.05) is 24.4 Å². The van der Waals surface area contributed by atoms with Crippen LogP contribution in [-0.4, -0.2) is 22.8 Å². The molecule has 0 radical (unpaired) electrons. The fourth-order valence-electron chi connectivity index (χ4n) is 2.66. The molecule has 3 heteroatoms. The van der Waals surface area contributed by atoms with Gasteiger partial charge in [-0.2, -0.15) is 0 Å². The van der Waals surface area contributed by atoms with Gasteiger partial charge in [0.15, 0.2) is 0 Å². The van der Waals surface area contributed by atoms with Gasteiger partial charge in [-0.05, 0) is 37.0 Å². The van der Waals surface area contributed by atoms with Gasteiger partial charge in [-0.1, -0.05) is 6.92 Å². The number of rotatable bonds is 2. The molecule has 0 bridgehead atoms. The number of aromatic nitrogens is 2. The molecule has 3 rings (SSSR count). The molecule has 1 aliphatic heterocycles. The van der Waals surface area contributed by atoms with Crippen molar-refractivity contribution in [2.24, 2.45) is 0 Å². The van der Waals surface area contributed by atoms with Crippen molar-refractivity contribution in [2.75, 3.05) is 13.2 Å². The number of fused-ring (bicyclic) bond motifs is 1. The predicted molar refractivity (Wildman–Crippen MR) is 68.2 cm³/mol. The van der Waals surface area contributed by atoms with Crippen molar-refractivity contribution in [3.63, 3.8) is 0 Å². The van der Waals surface area contributed by atoms with Gasteiger partial charge in [0.1, 0.15) is 5.65 Å².